The Morgan fingerprint density at radius 1 is 1.18 bits per heavy atom. The number of amides is 1. The van der Waals surface area contributed by atoms with E-state index in [0.29, 0.717) is 29.7 Å². The highest BCUT2D eigenvalue weighted by molar-refractivity contribution is 8.00. The standard InChI is InChI=1S/C21H20FN3O2S/c22-15-7-9-17(10-8-15)28-13-20(26)24-11-3-4-16(12-24)25-14-23-19-6-2-1-5-18(19)21(25)27/h1-2,5-10,14,16H,3-4,11-13H2/t16-/m1/s1. The van der Waals surface area contributed by atoms with Gasteiger partial charge < -0.3 is 4.90 Å². The van der Waals surface area contributed by atoms with E-state index in [1.807, 2.05) is 23.1 Å². The van der Waals surface area contributed by atoms with Crippen molar-refractivity contribution >= 4 is 28.6 Å². The first-order valence-electron chi connectivity index (χ1n) is 9.24. The predicted molar refractivity (Wildman–Crippen MR) is 108 cm³/mol. The van der Waals surface area contributed by atoms with Crippen LogP contribution in [0.5, 0.6) is 0 Å². The number of nitrogens with zero attached hydrogens (tertiary/aromatic N) is 3. The quantitative estimate of drug-likeness (QED) is 0.633. The third-order valence-electron chi connectivity index (χ3n) is 5.01. The summed E-state index contributed by atoms with van der Waals surface area (Å²) in [5, 5.41) is 0.598. The predicted octanol–water partition coefficient (Wildman–Crippen LogP) is 3.49. The molecule has 1 aliphatic rings. The molecule has 1 atom stereocenters. The Bertz CT molecular complexity index is 1050. The Morgan fingerprint density at radius 3 is 2.79 bits per heavy atom. The lowest BCUT2D eigenvalue weighted by atomic mass is 10.1. The molecule has 1 aromatic heterocycles. The van der Waals surface area contributed by atoms with Gasteiger partial charge >= 0.3 is 0 Å². The number of hydrogen-bond acceptors (Lipinski definition) is 4. The van der Waals surface area contributed by atoms with Crippen LogP contribution in [-0.2, 0) is 4.79 Å². The van der Waals surface area contributed by atoms with Crippen molar-refractivity contribution in [3.8, 4) is 0 Å². The van der Waals surface area contributed by atoms with Crippen LogP contribution in [0, 0.1) is 5.82 Å². The van der Waals surface area contributed by atoms with Gasteiger partial charge in [0.1, 0.15) is 5.82 Å². The van der Waals surface area contributed by atoms with Crippen LogP contribution in [0.2, 0.25) is 0 Å². The number of halogens is 1. The molecule has 1 fully saturated rings. The average molecular weight is 397 g/mol. The van der Waals surface area contributed by atoms with E-state index in [1.54, 1.807) is 29.1 Å². The van der Waals surface area contributed by atoms with E-state index in [0.717, 1.165) is 17.7 Å². The molecule has 1 aliphatic heterocycles. The molecular weight excluding hydrogens is 377 g/mol. The number of para-hydroxylation sites is 1. The minimum Gasteiger partial charge on any atom is -0.340 e. The summed E-state index contributed by atoms with van der Waals surface area (Å²) in [6.45, 7) is 1.19. The highest BCUT2D eigenvalue weighted by Crippen LogP contribution is 2.23. The van der Waals surface area contributed by atoms with E-state index in [2.05, 4.69) is 4.98 Å². The van der Waals surface area contributed by atoms with E-state index in [-0.39, 0.29) is 23.3 Å². The van der Waals surface area contributed by atoms with Crippen LogP contribution >= 0.6 is 11.8 Å². The van der Waals surface area contributed by atoms with Crippen LogP contribution in [0.3, 0.4) is 0 Å². The van der Waals surface area contributed by atoms with Gasteiger partial charge in [-0.15, -0.1) is 11.8 Å². The summed E-state index contributed by atoms with van der Waals surface area (Å²) < 4.78 is 14.7. The first kappa shape index (κ1) is 18.7. The number of fused-ring (bicyclic) bond motifs is 1. The number of carbonyl (C=O) groups excluding carboxylic acids is 1. The van der Waals surface area contributed by atoms with Gasteiger partial charge in [0.15, 0.2) is 0 Å². The number of carbonyl (C=O) groups is 1. The van der Waals surface area contributed by atoms with Gasteiger partial charge in [-0.25, -0.2) is 9.37 Å². The Morgan fingerprint density at radius 2 is 1.96 bits per heavy atom. The molecule has 1 amide bonds. The van der Waals surface area contributed by atoms with Crippen molar-refractivity contribution in [2.45, 2.75) is 23.8 Å². The van der Waals surface area contributed by atoms with Crippen molar-refractivity contribution in [3.05, 3.63) is 71.0 Å². The summed E-state index contributed by atoms with van der Waals surface area (Å²) >= 11 is 1.39. The number of thioether (sulfide) groups is 1. The van der Waals surface area contributed by atoms with E-state index < -0.39 is 0 Å². The van der Waals surface area contributed by atoms with Crippen LogP contribution in [0.25, 0.3) is 10.9 Å². The molecule has 28 heavy (non-hydrogen) atoms. The van der Waals surface area contributed by atoms with Crippen molar-refractivity contribution < 1.29 is 9.18 Å². The van der Waals surface area contributed by atoms with Crippen LogP contribution in [-0.4, -0.2) is 39.2 Å². The lowest BCUT2D eigenvalue weighted by molar-refractivity contribution is -0.130. The topological polar surface area (TPSA) is 55.2 Å². The SMILES string of the molecule is O=C(CSc1ccc(F)cc1)N1CCC[C@@H](n2cnc3ccccc3c2=O)C1. The highest BCUT2D eigenvalue weighted by Gasteiger charge is 2.25. The molecule has 2 heterocycles. The fourth-order valence-corrected chi connectivity index (χ4v) is 4.32. The second kappa shape index (κ2) is 8.14. The molecule has 0 radical (unpaired) electrons. The first-order valence-corrected chi connectivity index (χ1v) is 10.2. The van der Waals surface area contributed by atoms with Crippen LogP contribution in [0.15, 0.2) is 64.5 Å². The van der Waals surface area contributed by atoms with Crippen molar-refractivity contribution in [2.24, 2.45) is 0 Å². The van der Waals surface area contributed by atoms with E-state index in [9.17, 15) is 14.0 Å². The zero-order valence-electron chi connectivity index (χ0n) is 15.3. The number of rotatable bonds is 4. The summed E-state index contributed by atoms with van der Waals surface area (Å²) in [5.74, 6) is 0.0354. The maximum Gasteiger partial charge on any atom is 0.261 e. The molecule has 0 unspecified atom stereocenters. The van der Waals surface area contributed by atoms with Gasteiger partial charge in [0.25, 0.3) is 5.56 Å². The highest BCUT2D eigenvalue weighted by atomic mass is 32.2. The van der Waals surface area contributed by atoms with Crippen molar-refractivity contribution in [1.29, 1.82) is 0 Å². The zero-order valence-corrected chi connectivity index (χ0v) is 16.1. The summed E-state index contributed by atoms with van der Waals surface area (Å²) in [4.78, 5) is 32.5. The van der Waals surface area contributed by atoms with Crippen molar-refractivity contribution in [1.82, 2.24) is 14.5 Å². The Balaban J connectivity index is 1.45. The maximum atomic E-state index is 13.0. The lowest BCUT2D eigenvalue weighted by Gasteiger charge is -2.33. The average Bonchev–Trinajstić information content (AvgIpc) is 2.74. The van der Waals surface area contributed by atoms with E-state index in [1.165, 1.54) is 23.9 Å². The summed E-state index contributed by atoms with van der Waals surface area (Å²) in [7, 11) is 0. The maximum absolute atomic E-state index is 13.0. The molecule has 0 saturated carbocycles. The fourth-order valence-electron chi connectivity index (χ4n) is 3.52. The van der Waals surface area contributed by atoms with Gasteiger partial charge in [0.2, 0.25) is 5.91 Å². The summed E-state index contributed by atoms with van der Waals surface area (Å²) in [5.41, 5.74) is 0.619. The van der Waals surface area contributed by atoms with E-state index >= 15 is 0 Å². The molecule has 2 aromatic carbocycles. The van der Waals surface area contributed by atoms with E-state index in [4.69, 9.17) is 0 Å². The third-order valence-corrected chi connectivity index (χ3v) is 6.01. The molecule has 7 heteroatoms. The van der Waals surface area contributed by atoms with Crippen LogP contribution in [0.1, 0.15) is 18.9 Å². The van der Waals surface area contributed by atoms with Gasteiger partial charge in [-0.1, -0.05) is 12.1 Å². The summed E-state index contributed by atoms with van der Waals surface area (Å²) in [6, 6.07) is 13.4. The molecule has 0 spiro atoms. The Hall–Kier alpha value is -2.67. The first-order chi connectivity index (χ1) is 13.6. The largest absolute Gasteiger partial charge is 0.340 e. The lowest BCUT2D eigenvalue weighted by Crippen LogP contribution is -2.43. The van der Waals surface area contributed by atoms with Crippen molar-refractivity contribution in [3.63, 3.8) is 0 Å². The number of likely N-dealkylation sites (tertiary alicyclic amines) is 1. The minimum absolute atomic E-state index is 0.0285. The molecule has 4 rings (SSSR count). The molecule has 1 saturated heterocycles. The molecule has 0 bridgehead atoms. The van der Waals surface area contributed by atoms with Gasteiger partial charge in [-0.05, 0) is 49.2 Å². The molecule has 5 nitrogen and oxygen atoms in total. The van der Waals surface area contributed by atoms with Gasteiger partial charge in [0, 0.05) is 18.0 Å². The molecular formula is C21H20FN3O2S. The van der Waals surface area contributed by atoms with Gasteiger partial charge in [-0.2, -0.15) is 0 Å². The molecule has 0 aliphatic carbocycles. The normalized spacial score (nSPS) is 17.0. The second-order valence-corrected chi connectivity index (χ2v) is 7.90. The monoisotopic (exact) mass is 397 g/mol. The number of piperidine rings is 1. The second-order valence-electron chi connectivity index (χ2n) is 6.85. The molecule has 144 valence electrons. The number of aromatic nitrogens is 2. The fraction of sp³-hybridized carbons (Fsp3) is 0.286. The van der Waals surface area contributed by atoms with Crippen molar-refractivity contribution in [2.75, 3.05) is 18.8 Å². The molecule has 0 N–H and O–H groups in total. The van der Waals surface area contributed by atoms with Crippen LogP contribution in [0.4, 0.5) is 4.39 Å². The molecule has 3 aromatic rings. The third kappa shape index (κ3) is 3.94. The number of benzene rings is 2. The zero-order chi connectivity index (χ0) is 19.5. The Labute approximate surface area is 166 Å². The van der Waals surface area contributed by atoms with Gasteiger partial charge in [-0.3, -0.25) is 14.2 Å². The van der Waals surface area contributed by atoms with Gasteiger partial charge in [0.05, 0.1) is 29.0 Å². The Kier molecular flexibility index (Phi) is 5.43. The summed E-state index contributed by atoms with van der Waals surface area (Å²) in [6.07, 6.45) is 3.28. The minimum atomic E-state index is -0.288. The smallest absolute Gasteiger partial charge is 0.261 e. The van der Waals surface area contributed by atoms with Crippen LogP contribution < -0.4 is 5.56 Å². The number of hydrogen-bond donors (Lipinski definition) is 0.